The zero-order chi connectivity index (χ0) is 14.2. The summed E-state index contributed by atoms with van der Waals surface area (Å²) >= 11 is 0. The highest BCUT2D eigenvalue weighted by molar-refractivity contribution is 7.86. The molecule has 0 radical (unpaired) electrons. The monoisotopic (exact) mass is 291 g/mol. The van der Waals surface area contributed by atoms with Gasteiger partial charge in [-0.15, -0.1) is 0 Å². The number of cyclic esters (lactones) is 1. The molecule has 0 atom stereocenters. The van der Waals surface area contributed by atoms with Crippen molar-refractivity contribution in [3.05, 3.63) is 0 Å². The first kappa shape index (κ1) is 14.2. The molecule has 8 nitrogen and oxygen atoms in total. The zero-order valence-corrected chi connectivity index (χ0v) is 11.7. The molecule has 0 aromatic heterocycles. The van der Waals surface area contributed by atoms with Crippen molar-refractivity contribution in [3.63, 3.8) is 0 Å². The Morgan fingerprint density at radius 3 is 2.21 bits per heavy atom. The Bertz CT molecular complexity index is 465. The first-order valence-electron chi connectivity index (χ1n) is 6.00. The number of hydrogen-bond donors (Lipinski definition) is 0. The molecule has 0 unspecified atom stereocenters. The van der Waals surface area contributed by atoms with Gasteiger partial charge in [0.2, 0.25) is 0 Å². The van der Waals surface area contributed by atoms with Gasteiger partial charge >= 0.3 is 6.09 Å². The summed E-state index contributed by atoms with van der Waals surface area (Å²) in [5.41, 5.74) is 0. The second kappa shape index (κ2) is 5.06. The van der Waals surface area contributed by atoms with Gasteiger partial charge in [-0.25, -0.2) is 9.69 Å². The SMILES string of the molecule is CN(C)S(=O)(=O)N1CCC(N2C(=O)COC2=O)CC1. The van der Waals surface area contributed by atoms with Crippen LogP contribution in [0.2, 0.25) is 0 Å². The van der Waals surface area contributed by atoms with Gasteiger partial charge in [-0.05, 0) is 12.8 Å². The first-order chi connectivity index (χ1) is 8.84. The number of piperidine rings is 1. The van der Waals surface area contributed by atoms with E-state index in [0.29, 0.717) is 25.9 Å². The van der Waals surface area contributed by atoms with Gasteiger partial charge in [-0.2, -0.15) is 17.0 Å². The zero-order valence-electron chi connectivity index (χ0n) is 10.9. The van der Waals surface area contributed by atoms with Crippen LogP contribution in [-0.4, -0.2) is 73.8 Å². The van der Waals surface area contributed by atoms with Crippen molar-refractivity contribution >= 4 is 22.2 Å². The molecule has 2 aliphatic heterocycles. The summed E-state index contributed by atoms with van der Waals surface area (Å²) in [6, 6.07) is -0.267. The molecule has 2 rings (SSSR count). The van der Waals surface area contributed by atoms with E-state index in [9.17, 15) is 18.0 Å². The van der Waals surface area contributed by atoms with Crippen LogP contribution >= 0.6 is 0 Å². The summed E-state index contributed by atoms with van der Waals surface area (Å²) in [4.78, 5) is 24.0. The summed E-state index contributed by atoms with van der Waals surface area (Å²) in [7, 11) is -0.477. The lowest BCUT2D eigenvalue weighted by Gasteiger charge is -2.35. The minimum atomic E-state index is -3.43. The van der Waals surface area contributed by atoms with E-state index >= 15 is 0 Å². The van der Waals surface area contributed by atoms with E-state index in [1.165, 1.54) is 18.4 Å². The molecule has 0 saturated carbocycles. The van der Waals surface area contributed by atoms with Crippen molar-refractivity contribution in [1.82, 2.24) is 13.5 Å². The third-order valence-corrected chi connectivity index (χ3v) is 5.30. The average molecular weight is 291 g/mol. The van der Waals surface area contributed by atoms with Crippen molar-refractivity contribution in [2.45, 2.75) is 18.9 Å². The number of hydrogen-bond acceptors (Lipinski definition) is 5. The average Bonchev–Trinajstić information content (AvgIpc) is 2.69. The van der Waals surface area contributed by atoms with Crippen molar-refractivity contribution in [2.24, 2.45) is 0 Å². The Labute approximate surface area is 112 Å². The van der Waals surface area contributed by atoms with Crippen LogP contribution < -0.4 is 0 Å². The van der Waals surface area contributed by atoms with Crippen LogP contribution in [0.4, 0.5) is 4.79 Å². The molecule has 2 heterocycles. The van der Waals surface area contributed by atoms with E-state index < -0.39 is 16.3 Å². The Morgan fingerprint density at radius 1 is 1.21 bits per heavy atom. The lowest BCUT2D eigenvalue weighted by atomic mass is 10.1. The van der Waals surface area contributed by atoms with Gasteiger partial charge in [0, 0.05) is 33.2 Å². The molecule has 2 fully saturated rings. The quantitative estimate of drug-likeness (QED) is 0.682. The van der Waals surface area contributed by atoms with E-state index in [2.05, 4.69) is 4.74 Å². The number of amides is 2. The first-order valence-corrected chi connectivity index (χ1v) is 7.40. The van der Waals surface area contributed by atoms with E-state index in [4.69, 9.17) is 0 Å². The number of ether oxygens (including phenoxy) is 1. The molecule has 108 valence electrons. The third kappa shape index (κ3) is 2.58. The fourth-order valence-corrected chi connectivity index (χ4v) is 3.41. The van der Waals surface area contributed by atoms with E-state index in [-0.39, 0.29) is 18.6 Å². The van der Waals surface area contributed by atoms with E-state index in [1.807, 2.05) is 0 Å². The van der Waals surface area contributed by atoms with E-state index in [0.717, 1.165) is 9.21 Å². The molecule has 0 N–H and O–H groups in total. The van der Waals surface area contributed by atoms with Crippen molar-refractivity contribution < 1.29 is 22.7 Å². The Kier molecular flexibility index (Phi) is 3.79. The molecule has 19 heavy (non-hydrogen) atoms. The molecule has 9 heteroatoms. The highest BCUT2D eigenvalue weighted by Crippen LogP contribution is 2.22. The van der Waals surface area contributed by atoms with Gasteiger partial charge in [-0.3, -0.25) is 4.79 Å². The summed E-state index contributed by atoms with van der Waals surface area (Å²) in [6.07, 6.45) is 0.251. The molecule has 0 spiro atoms. The second-order valence-corrected chi connectivity index (χ2v) is 6.88. The maximum absolute atomic E-state index is 11.9. The van der Waals surface area contributed by atoms with E-state index in [1.54, 1.807) is 0 Å². The summed E-state index contributed by atoms with van der Waals surface area (Å²) in [5.74, 6) is -0.348. The lowest BCUT2D eigenvalue weighted by molar-refractivity contribution is -0.127. The molecule has 0 aromatic rings. The molecular formula is C10H17N3O5S. The minimum absolute atomic E-state index is 0.213. The van der Waals surface area contributed by atoms with Crippen LogP contribution in [0.25, 0.3) is 0 Å². The van der Waals surface area contributed by atoms with Gasteiger partial charge < -0.3 is 4.74 Å². The largest absolute Gasteiger partial charge is 0.439 e. The van der Waals surface area contributed by atoms with Gasteiger partial charge in [0.15, 0.2) is 6.61 Å². The number of nitrogens with zero attached hydrogens (tertiary/aromatic N) is 3. The standard InChI is InChI=1S/C10H17N3O5S/c1-11(2)19(16,17)12-5-3-8(4-6-12)13-9(14)7-18-10(13)15/h8H,3-7H2,1-2H3. The van der Waals surface area contributed by atoms with Crippen molar-refractivity contribution in [1.29, 1.82) is 0 Å². The smallest absolute Gasteiger partial charge is 0.417 e. The summed E-state index contributed by atoms with van der Waals surface area (Å²) in [6.45, 7) is 0.375. The number of imide groups is 1. The molecule has 0 bridgehead atoms. The lowest BCUT2D eigenvalue weighted by Crippen LogP contribution is -2.50. The van der Waals surface area contributed by atoms with Gasteiger partial charge in [0.1, 0.15) is 0 Å². The second-order valence-electron chi connectivity index (χ2n) is 4.74. The number of carbonyl (C=O) groups is 2. The topological polar surface area (TPSA) is 87.2 Å². The summed E-state index contributed by atoms with van der Waals surface area (Å²) in [5, 5.41) is 0. The molecule has 2 saturated heterocycles. The van der Waals surface area contributed by atoms with Crippen molar-refractivity contribution in [3.8, 4) is 0 Å². The number of rotatable bonds is 3. The normalized spacial score (nSPS) is 23.2. The Hall–Kier alpha value is -1.19. The van der Waals surface area contributed by atoms with Gasteiger partial charge in [0.25, 0.3) is 16.1 Å². The number of carbonyl (C=O) groups excluding carboxylic acids is 2. The van der Waals surface area contributed by atoms with Crippen LogP contribution in [0, 0.1) is 0 Å². The van der Waals surface area contributed by atoms with Crippen LogP contribution in [0.5, 0.6) is 0 Å². The maximum atomic E-state index is 11.9. The molecule has 0 aromatic carbocycles. The summed E-state index contributed by atoms with van der Waals surface area (Å²) < 4.78 is 31.0. The minimum Gasteiger partial charge on any atom is -0.439 e. The van der Waals surface area contributed by atoms with Crippen molar-refractivity contribution in [2.75, 3.05) is 33.8 Å². The Balaban J connectivity index is 2.00. The van der Waals surface area contributed by atoms with Gasteiger partial charge in [-0.1, -0.05) is 0 Å². The van der Waals surface area contributed by atoms with Crippen LogP contribution in [-0.2, 0) is 19.7 Å². The fraction of sp³-hybridized carbons (Fsp3) is 0.800. The maximum Gasteiger partial charge on any atom is 0.417 e. The molecule has 0 aliphatic carbocycles. The highest BCUT2D eigenvalue weighted by atomic mass is 32.2. The fourth-order valence-electron chi connectivity index (χ4n) is 2.28. The predicted octanol–water partition coefficient (Wildman–Crippen LogP) is -0.764. The molecular weight excluding hydrogens is 274 g/mol. The molecule has 2 aliphatic rings. The molecule has 2 amide bonds. The Morgan fingerprint density at radius 2 is 1.79 bits per heavy atom. The van der Waals surface area contributed by atoms with Crippen LogP contribution in [0.1, 0.15) is 12.8 Å². The third-order valence-electron chi connectivity index (χ3n) is 3.36. The predicted molar refractivity (Wildman–Crippen MR) is 65.4 cm³/mol. The van der Waals surface area contributed by atoms with Crippen LogP contribution in [0.15, 0.2) is 0 Å². The van der Waals surface area contributed by atoms with Gasteiger partial charge in [0.05, 0.1) is 0 Å². The van der Waals surface area contributed by atoms with Crippen LogP contribution in [0.3, 0.4) is 0 Å². The highest BCUT2D eigenvalue weighted by Gasteiger charge is 2.40.